The molecule has 22 heavy (non-hydrogen) atoms. The first-order valence-electron chi connectivity index (χ1n) is 7.65. The zero-order valence-electron chi connectivity index (χ0n) is 12.1. The Morgan fingerprint density at radius 2 is 2.09 bits per heavy atom. The highest BCUT2D eigenvalue weighted by Crippen LogP contribution is 2.43. The maximum Gasteiger partial charge on any atom is 0.265 e. The van der Waals surface area contributed by atoms with E-state index in [1.165, 1.54) is 12.8 Å². The first kappa shape index (κ1) is 13.6. The molecule has 0 saturated heterocycles. The van der Waals surface area contributed by atoms with Gasteiger partial charge in [0.1, 0.15) is 10.6 Å². The van der Waals surface area contributed by atoms with E-state index < -0.39 is 0 Å². The lowest BCUT2D eigenvalue weighted by atomic mass is 9.93. The number of rotatable bonds is 4. The summed E-state index contributed by atoms with van der Waals surface area (Å²) in [6.45, 7) is 0.746. The van der Waals surface area contributed by atoms with Gasteiger partial charge in [0.25, 0.3) is 5.91 Å². The summed E-state index contributed by atoms with van der Waals surface area (Å²) in [7, 11) is 0. The average molecular weight is 311 g/mol. The number of amides is 1. The second kappa shape index (κ2) is 5.65. The van der Waals surface area contributed by atoms with Crippen LogP contribution < -0.4 is 5.32 Å². The third kappa shape index (κ3) is 2.46. The van der Waals surface area contributed by atoms with Crippen molar-refractivity contribution in [1.29, 1.82) is 0 Å². The first-order chi connectivity index (χ1) is 10.8. The van der Waals surface area contributed by atoms with Gasteiger partial charge in [-0.25, -0.2) is 0 Å². The lowest BCUT2D eigenvalue weighted by molar-refractivity contribution is 0.0949. The number of hydrogen-bond acceptors (Lipinski definition) is 4. The van der Waals surface area contributed by atoms with Gasteiger partial charge in [0.2, 0.25) is 0 Å². The normalized spacial score (nSPS) is 25.5. The van der Waals surface area contributed by atoms with E-state index in [0.29, 0.717) is 22.4 Å². The van der Waals surface area contributed by atoms with Gasteiger partial charge in [0.15, 0.2) is 0 Å². The fourth-order valence-corrected chi connectivity index (χ4v) is 4.16. The van der Waals surface area contributed by atoms with Crippen molar-refractivity contribution in [2.45, 2.75) is 12.8 Å². The van der Waals surface area contributed by atoms with Gasteiger partial charge in [-0.05, 0) is 42.1 Å². The molecule has 4 nitrogen and oxygen atoms in total. The molecule has 1 heterocycles. The van der Waals surface area contributed by atoms with Crippen molar-refractivity contribution in [3.05, 3.63) is 47.4 Å². The lowest BCUT2D eigenvalue weighted by Crippen LogP contribution is -2.30. The number of hydrogen-bond donors (Lipinski definition) is 1. The molecule has 2 bridgehead atoms. The minimum Gasteiger partial charge on any atom is -0.351 e. The van der Waals surface area contributed by atoms with E-state index in [1.54, 1.807) is 0 Å². The van der Waals surface area contributed by atoms with Crippen molar-refractivity contribution in [2.75, 3.05) is 6.54 Å². The van der Waals surface area contributed by atoms with Gasteiger partial charge in [-0.15, -0.1) is 5.10 Å². The predicted octanol–water partition coefficient (Wildman–Crippen LogP) is 3.15. The van der Waals surface area contributed by atoms with Crippen molar-refractivity contribution in [3.63, 3.8) is 0 Å². The second-order valence-electron chi connectivity index (χ2n) is 6.07. The van der Waals surface area contributed by atoms with Crippen molar-refractivity contribution >= 4 is 17.4 Å². The van der Waals surface area contributed by atoms with Crippen LogP contribution in [0.2, 0.25) is 0 Å². The summed E-state index contributed by atoms with van der Waals surface area (Å²) in [4.78, 5) is 13.1. The van der Waals surface area contributed by atoms with Gasteiger partial charge >= 0.3 is 0 Å². The van der Waals surface area contributed by atoms with Gasteiger partial charge in [0.05, 0.1) is 0 Å². The molecule has 0 aliphatic heterocycles. The fourth-order valence-electron chi connectivity index (χ4n) is 3.56. The van der Waals surface area contributed by atoms with Crippen LogP contribution in [-0.2, 0) is 0 Å². The Bertz CT molecular complexity index is 710. The van der Waals surface area contributed by atoms with Gasteiger partial charge in [0, 0.05) is 12.1 Å². The number of nitrogens with zero attached hydrogens (tertiary/aromatic N) is 2. The molecule has 0 radical (unpaired) electrons. The number of carbonyl (C=O) groups is 1. The lowest BCUT2D eigenvalue weighted by Gasteiger charge is -2.18. The van der Waals surface area contributed by atoms with Gasteiger partial charge in [-0.1, -0.05) is 47.0 Å². The monoisotopic (exact) mass is 311 g/mol. The van der Waals surface area contributed by atoms with Crippen LogP contribution in [0.15, 0.2) is 42.5 Å². The molecule has 0 unspecified atom stereocenters. The molecule has 2 aliphatic carbocycles. The maximum absolute atomic E-state index is 12.5. The molecule has 2 aromatic rings. The highest BCUT2D eigenvalue weighted by molar-refractivity contribution is 7.08. The van der Waals surface area contributed by atoms with Crippen LogP contribution in [0.5, 0.6) is 0 Å². The number of allylic oxidation sites excluding steroid dienone is 2. The molecule has 1 aromatic carbocycles. The summed E-state index contributed by atoms with van der Waals surface area (Å²) in [5.41, 5.74) is 1.61. The van der Waals surface area contributed by atoms with Crippen molar-refractivity contribution < 1.29 is 4.79 Å². The number of benzene rings is 1. The minimum absolute atomic E-state index is 0.0550. The molecular weight excluding hydrogens is 294 g/mol. The largest absolute Gasteiger partial charge is 0.351 e. The summed E-state index contributed by atoms with van der Waals surface area (Å²) in [6, 6.07) is 9.74. The second-order valence-corrected chi connectivity index (χ2v) is 6.82. The molecule has 1 N–H and O–H groups in total. The van der Waals surface area contributed by atoms with Crippen molar-refractivity contribution in [2.24, 2.45) is 17.8 Å². The Labute approximate surface area is 133 Å². The molecule has 4 rings (SSSR count). The van der Waals surface area contributed by atoms with Gasteiger partial charge < -0.3 is 5.32 Å². The van der Waals surface area contributed by atoms with E-state index >= 15 is 0 Å². The van der Waals surface area contributed by atoms with Crippen LogP contribution in [0.1, 0.15) is 22.5 Å². The quantitative estimate of drug-likeness (QED) is 0.883. The third-order valence-corrected chi connectivity index (χ3v) is 5.41. The Hall–Kier alpha value is -2.01. The molecule has 1 saturated carbocycles. The molecule has 5 heteroatoms. The number of aromatic nitrogens is 2. The van der Waals surface area contributed by atoms with E-state index in [0.717, 1.165) is 29.6 Å². The fraction of sp³-hybridized carbons (Fsp3) is 0.353. The summed E-state index contributed by atoms with van der Waals surface area (Å²) in [5.74, 6) is 1.91. The summed E-state index contributed by atoms with van der Waals surface area (Å²) >= 11 is 1.16. The number of nitrogens with one attached hydrogen (secondary N) is 1. The summed E-state index contributed by atoms with van der Waals surface area (Å²) < 4.78 is 3.96. The van der Waals surface area contributed by atoms with Crippen LogP contribution in [-0.4, -0.2) is 22.0 Å². The Morgan fingerprint density at radius 1 is 1.23 bits per heavy atom. The zero-order chi connectivity index (χ0) is 14.9. The third-order valence-electron chi connectivity index (χ3n) is 4.68. The molecule has 2 aliphatic rings. The molecule has 1 fully saturated rings. The number of fused-ring (bicyclic) bond motifs is 2. The van der Waals surface area contributed by atoms with Crippen LogP contribution in [0.25, 0.3) is 11.3 Å². The summed E-state index contributed by atoms with van der Waals surface area (Å²) in [5, 5.41) is 7.20. The Morgan fingerprint density at radius 3 is 2.82 bits per heavy atom. The molecule has 3 atom stereocenters. The van der Waals surface area contributed by atoms with E-state index in [2.05, 4.69) is 27.1 Å². The SMILES string of the molecule is O=C(NC[C@H]1C[C@@H]2C=C[C@@H]1C2)c1snnc1-c1ccccc1. The van der Waals surface area contributed by atoms with Gasteiger partial charge in [-0.3, -0.25) is 4.79 Å². The number of carbonyl (C=O) groups excluding carboxylic acids is 1. The Balaban J connectivity index is 1.45. The van der Waals surface area contributed by atoms with Crippen molar-refractivity contribution in [1.82, 2.24) is 14.9 Å². The van der Waals surface area contributed by atoms with E-state index in [1.807, 2.05) is 30.3 Å². The van der Waals surface area contributed by atoms with Gasteiger partial charge in [-0.2, -0.15) is 0 Å². The molecular formula is C17H17N3OS. The minimum atomic E-state index is -0.0550. The van der Waals surface area contributed by atoms with E-state index in [-0.39, 0.29) is 5.91 Å². The summed E-state index contributed by atoms with van der Waals surface area (Å²) in [6.07, 6.45) is 7.10. The topological polar surface area (TPSA) is 54.9 Å². The first-order valence-corrected chi connectivity index (χ1v) is 8.43. The predicted molar refractivity (Wildman–Crippen MR) is 86.5 cm³/mol. The van der Waals surface area contributed by atoms with Crippen LogP contribution in [0.3, 0.4) is 0 Å². The molecule has 1 aromatic heterocycles. The molecule has 112 valence electrons. The van der Waals surface area contributed by atoms with E-state index in [4.69, 9.17) is 0 Å². The molecule has 1 amide bonds. The highest BCUT2D eigenvalue weighted by Gasteiger charge is 2.35. The van der Waals surface area contributed by atoms with Crippen molar-refractivity contribution in [3.8, 4) is 11.3 Å². The van der Waals surface area contributed by atoms with E-state index in [9.17, 15) is 4.79 Å². The zero-order valence-corrected chi connectivity index (χ0v) is 12.9. The standard InChI is InChI=1S/C17H17N3OS/c21-17(18-10-14-9-11-6-7-13(14)8-11)16-15(19-20-22-16)12-4-2-1-3-5-12/h1-7,11,13-14H,8-10H2,(H,18,21)/t11-,13-,14-/m1/s1. The smallest absolute Gasteiger partial charge is 0.265 e. The van der Waals surface area contributed by atoms with Crippen LogP contribution >= 0.6 is 11.5 Å². The van der Waals surface area contributed by atoms with Crippen LogP contribution in [0.4, 0.5) is 0 Å². The average Bonchev–Trinajstić information content (AvgIpc) is 3.29. The highest BCUT2D eigenvalue weighted by atomic mass is 32.1. The Kier molecular flexibility index (Phi) is 3.50. The van der Waals surface area contributed by atoms with Crippen LogP contribution in [0, 0.1) is 17.8 Å². The maximum atomic E-state index is 12.5. The molecule has 0 spiro atoms.